The molecule has 1 heterocycles. The zero-order chi connectivity index (χ0) is 13.0. The molecule has 0 aromatic rings. The predicted octanol–water partition coefficient (Wildman–Crippen LogP) is 3.26. The summed E-state index contributed by atoms with van der Waals surface area (Å²) in [5.74, 6) is 2.38. The molecule has 1 saturated carbocycles. The molecule has 1 aliphatic heterocycles. The number of hydrogen-bond donors (Lipinski definition) is 1. The highest BCUT2D eigenvalue weighted by atomic mass is 15.1. The van der Waals surface area contributed by atoms with E-state index in [2.05, 4.69) is 18.7 Å². The van der Waals surface area contributed by atoms with Crippen LogP contribution in [0.1, 0.15) is 58.8 Å². The van der Waals surface area contributed by atoms with E-state index in [4.69, 9.17) is 5.73 Å². The molecule has 4 unspecified atom stereocenters. The highest BCUT2D eigenvalue weighted by molar-refractivity contribution is 4.87. The van der Waals surface area contributed by atoms with Crippen molar-refractivity contribution in [2.24, 2.45) is 23.5 Å². The second kappa shape index (κ2) is 6.91. The van der Waals surface area contributed by atoms with Crippen LogP contribution >= 0.6 is 0 Å². The van der Waals surface area contributed by atoms with Gasteiger partial charge < -0.3 is 10.6 Å². The zero-order valence-electron chi connectivity index (χ0n) is 12.4. The Hall–Kier alpha value is -0.0800. The first kappa shape index (κ1) is 14.3. The molecule has 0 amide bonds. The van der Waals surface area contributed by atoms with Crippen LogP contribution in [0.5, 0.6) is 0 Å². The van der Waals surface area contributed by atoms with Gasteiger partial charge in [0.2, 0.25) is 0 Å². The molecule has 4 atom stereocenters. The SMILES string of the molecule is CC1CC(C)C(CN2CCCCCCC2)C(N)C1. The van der Waals surface area contributed by atoms with Crippen LogP contribution < -0.4 is 5.73 Å². The molecule has 18 heavy (non-hydrogen) atoms. The van der Waals surface area contributed by atoms with Crippen molar-refractivity contribution in [3.8, 4) is 0 Å². The van der Waals surface area contributed by atoms with Crippen molar-refractivity contribution in [3.05, 3.63) is 0 Å². The van der Waals surface area contributed by atoms with Crippen molar-refractivity contribution in [3.63, 3.8) is 0 Å². The third kappa shape index (κ3) is 3.96. The van der Waals surface area contributed by atoms with Gasteiger partial charge in [0.05, 0.1) is 0 Å². The van der Waals surface area contributed by atoms with Gasteiger partial charge in [0.15, 0.2) is 0 Å². The standard InChI is InChI=1S/C16H32N2/c1-13-10-14(2)15(16(17)11-13)12-18-8-6-4-3-5-7-9-18/h13-16H,3-12,17H2,1-2H3. The smallest absolute Gasteiger partial charge is 0.00844 e. The molecule has 2 aliphatic rings. The largest absolute Gasteiger partial charge is 0.327 e. The Bertz CT molecular complexity index is 221. The Balaban J connectivity index is 1.86. The van der Waals surface area contributed by atoms with Gasteiger partial charge in [-0.3, -0.25) is 0 Å². The van der Waals surface area contributed by atoms with E-state index in [1.807, 2.05) is 0 Å². The summed E-state index contributed by atoms with van der Waals surface area (Å²) in [6, 6.07) is 0.439. The van der Waals surface area contributed by atoms with Crippen molar-refractivity contribution in [2.45, 2.75) is 64.8 Å². The summed E-state index contributed by atoms with van der Waals surface area (Å²) in [6.45, 7) is 8.67. The lowest BCUT2D eigenvalue weighted by Gasteiger charge is -2.40. The van der Waals surface area contributed by atoms with Gasteiger partial charge in [0.25, 0.3) is 0 Å². The summed E-state index contributed by atoms with van der Waals surface area (Å²) < 4.78 is 0. The molecule has 0 aromatic carbocycles. The molecule has 1 aliphatic carbocycles. The first-order valence-corrected chi connectivity index (χ1v) is 8.14. The monoisotopic (exact) mass is 252 g/mol. The average Bonchev–Trinajstić information content (AvgIpc) is 2.25. The van der Waals surface area contributed by atoms with Crippen molar-refractivity contribution >= 4 is 0 Å². The van der Waals surface area contributed by atoms with E-state index in [1.165, 1.54) is 64.6 Å². The second-order valence-electron chi connectivity index (χ2n) is 6.95. The third-order valence-electron chi connectivity index (χ3n) is 5.15. The van der Waals surface area contributed by atoms with Crippen LogP contribution in [0.2, 0.25) is 0 Å². The maximum Gasteiger partial charge on any atom is 0.00844 e. The van der Waals surface area contributed by atoms with Gasteiger partial charge in [-0.2, -0.15) is 0 Å². The maximum absolute atomic E-state index is 6.42. The summed E-state index contributed by atoms with van der Waals surface area (Å²) in [7, 11) is 0. The van der Waals surface area contributed by atoms with E-state index < -0.39 is 0 Å². The summed E-state index contributed by atoms with van der Waals surface area (Å²) in [4.78, 5) is 2.70. The fourth-order valence-corrected chi connectivity index (χ4v) is 4.08. The summed E-state index contributed by atoms with van der Waals surface area (Å²) in [5.41, 5.74) is 6.42. The molecule has 0 radical (unpaired) electrons. The van der Waals surface area contributed by atoms with Gasteiger partial charge >= 0.3 is 0 Å². The normalized spacial score (nSPS) is 40.2. The predicted molar refractivity (Wildman–Crippen MR) is 78.6 cm³/mol. The Morgan fingerprint density at radius 2 is 1.56 bits per heavy atom. The lowest BCUT2D eigenvalue weighted by atomic mass is 9.72. The second-order valence-corrected chi connectivity index (χ2v) is 6.95. The first-order valence-electron chi connectivity index (χ1n) is 8.14. The highest BCUT2D eigenvalue weighted by Gasteiger charge is 2.32. The van der Waals surface area contributed by atoms with Crippen molar-refractivity contribution in [1.29, 1.82) is 0 Å². The molecule has 0 spiro atoms. The average molecular weight is 252 g/mol. The number of hydrogen-bond acceptors (Lipinski definition) is 2. The first-order chi connectivity index (χ1) is 8.66. The Morgan fingerprint density at radius 1 is 0.944 bits per heavy atom. The zero-order valence-corrected chi connectivity index (χ0v) is 12.4. The minimum Gasteiger partial charge on any atom is -0.327 e. The number of rotatable bonds is 2. The molecule has 0 aromatic heterocycles. The van der Waals surface area contributed by atoms with Crippen LogP contribution in [0.25, 0.3) is 0 Å². The molecule has 0 bridgehead atoms. The van der Waals surface area contributed by atoms with Crippen LogP contribution in [0.15, 0.2) is 0 Å². The molecular weight excluding hydrogens is 220 g/mol. The van der Waals surface area contributed by atoms with E-state index >= 15 is 0 Å². The van der Waals surface area contributed by atoms with Gasteiger partial charge in [-0.25, -0.2) is 0 Å². The van der Waals surface area contributed by atoms with E-state index in [0.717, 1.165) is 17.8 Å². The van der Waals surface area contributed by atoms with Gasteiger partial charge in [0, 0.05) is 12.6 Å². The van der Waals surface area contributed by atoms with Gasteiger partial charge in [-0.1, -0.05) is 33.1 Å². The molecule has 1 saturated heterocycles. The molecule has 2 heteroatoms. The van der Waals surface area contributed by atoms with Gasteiger partial charge in [-0.15, -0.1) is 0 Å². The van der Waals surface area contributed by atoms with Gasteiger partial charge in [0.1, 0.15) is 0 Å². The molecule has 2 rings (SSSR count). The molecule has 2 fully saturated rings. The maximum atomic E-state index is 6.42. The Kier molecular flexibility index (Phi) is 5.50. The molecule has 106 valence electrons. The molecule has 2 nitrogen and oxygen atoms in total. The van der Waals surface area contributed by atoms with E-state index in [0.29, 0.717) is 6.04 Å². The quantitative estimate of drug-likeness (QED) is 0.817. The van der Waals surface area contributed by atoms with Crippen LogP contribution in [0.4, 0.5) is 0 Å². The fourth-order valence-electron chi connectivity index (χ4n) is 4.08. The van der Waals surface area contributed by atoms with E-state index in [-0.39, 0.29) is 0 Å². The summed E-state index contributed by atoms with van der Waals surface area (Å²) >= 11 is 0. The number of nitrogens with two attached hydrogens (primary N) is 1. The minimum absolute atomic E-state index is 0.439. The van der Waals surface area contributed by atoms with Crippen LogP contribution in [0.3, 0.4) is 0 Å². The van der Waals surface area contributed by atoms with E-state index in [1.54, 1.807) is 0 Å². The van der Waals surface area contributed by atoms with Crippen molar-refractivity contribution < 1.29 is 0 Å². The highest BCUT2D eigenvalue weighted by Crippen LogP contribution is 2.33. The summed E-state index contributed by atoms with van der Waals surface area (Å²) in [6.07, 6.45) is 9.72. The third-order valence-corrected chi connectivity index (χ3v) is 5.15. The summed E-state index contributed by atoms with van der Waals surface area (Å²) in [5, 5.41) is 0. The van der Waals surface area contributed by atoms with Crippen LogP contribution in [-0.2, 0) is 0 Å². The van der Waals surface area contributed by atoms with Crippen molar-refractivity contribution in [1.82, 2.24) is 4.90 Å². The van der Waals surface area contributed by atoms with Gasteiger partial charge in [-0.05, 0) is 56.5 Å². The molecular formula is C16H32N2. The fraction of sp³-hybridized carbons (Fsp3) is 1.00. The van der Waals surface area contributed by atoms with E-state index in [9.17, 15) is 0 Å². The topological polar surface area (TPSA) is 29.3 Å². The number of likely N-dealkylation sites (tertiary alicyclic amines) is 1. The Morgan fingerprint density at radius 3 is 2.17 bits per heavy atom. The van der Waals surface area contributed by atoms with Crippen molar-refractivity contribution in [2.75, 3.05) is 19.6 Å². The lowest BCUT2D eigenvalue weighted by Crippen LogP contribution is -2.47. The number of nitrogens with zero attached hydrogens (tertiary/aromatic N) is 1. The molecule has 2 N–H and O–H groups in total. The lowest BCUT2D eigenvalue weighted by molar-refractivity contribution is 0.112. The Labute approximate surface area is 113 Å². The van der Waals surface area contributed by atoms with Crippen LogP contribution in [-0.4, -0.2) is 30.6 Å². The minimum atomic E-state index is 0.439. The van der Waals surface area contributed by atoms with Crippen LogP contribution in [0, 0.1) is 17.8 Å².